The molecule has 3 saturated carbocycles. The minimum atomic E-state index is -0.351. The molecule has 0 aromatic heterocycles. The lowest BCUT2D eigenvalue weighted by atomic mass is 9.80. The largest absolute Gasteiger partial charge is 0.463 e. The average Bonchev–Trinajstić information content (AvgIpc) is 2.95. The summed E-state index contributed by atoms with van der Waals surface area (Å²) in [7, 11) is 0. The summed E-state index contributed by atoms with van der Waals surface area (Å²) in [5.74, 6) is 8.94. The van der Waals surface area contributed by atoms with Crippen LogP contribution in [0.2, 0.25) is 0 Å². The lowest BCUT2D eigenvalue weighted by molar-refractivity contribution is -0.158. The topological polar surface area (TPSA) is 156 Å². The number of hydrogen-bond acceptors (Lipinski definition) is 5. The van der Waals surface area contributed by atoms with Crippen molar-refractivity contribution in [3.8, 4) is 11.8 Å². The number of ether oxygens (including phenoxy) is 3. The molecule has 0 atom stereocenters. The molecule has 3 aliphatic carbocycles. The molecule has 0 aromatic rings. The lowest BCUT2D eigenvalue weighted by Crippen LogP contribution is -2.31. The molecule has 0 aromatic carbocycles. The average molecular weight is 583 g/mol. The van der Waals surface area contributed by atoms with Crippen molar-refractivity contribution in [2.24, 2.45) is 23.7 Å². The Kier molecular flexibility index (Phi) is 21.6. The van der Waals surface area contributed by atoms with Crippen LogP contribution in [0.5, 0.6) is 0 Å². The van der Waals surface area contributed by atoms with Gasteiger partial charge in [-0.1, -0.05) is 44.6 Å². The smallest absolute Gasteiger partial charge is 0.330 e. The maximum atomic E-state index is 12.8. The Morgan fingerprint density at radius 2 is 1.27 bits per heavy atom. The third kappa shape index (κ3) is 15.2. The fraction of sp³-hybridized carbons (Fsp3) is 0.818. The Bertz CT molecular complexity index is 764. The minimum absolute atomic E-state index is 0. The zero-order valence-corrected chi connectivity index (χ0v) is 25.4. The van der Waals surface area contributed by atoms with Crippen molar-refractivity contribution in [3.63, 3.8) is 0 Å². The van der Waals surface area contributed by atoms with E-state index in [9.17, 15) is 9.59 Å². The van der Waals surface area contributed by atoms with Gasteiger partial charge < -0.3 is 30.6 Å². The van der Waals surface area contributed by atoms with Crippen molar-refractivity contribution in [1.29, 1.82) is 0 Å². The summed E-state index contributed by atoms with van der Waals surface area (Å²) in [6.07, 6.45) is 21.2. The van der Waals surface area contributed by atoms with E-state index in [0.717, 1.165) is 89.6 Å². The van der Waals surface area contributed by atoms with Gasteiger partial charge in [0.15, 0.2) is 0 Å². The first-order valence-electron chi connectivity index (χ1n) is 15.7. The molecular weight excluding hydrogens is 524 g/mol. The number of unbranched alkanes of at least 4 members (excludes halogenated alkanes) is 3. The summed E-state index contributed by atoms with van der Waals surface area (Å²) >= 11 is 0. The summed E-state index contributed by atoms with van der Waals surface area (Å²) in [6, 6.07) is 0. The molecule has 3 fully saturated rings. The lowest BCUT2D eigenvalue weighted by Gasteiger charge is -2.30. The highest BCUT2D eigenvalue weighted by molar-refractivity contribution is 5.81. The van der Waals surface area contributed by atoms with Gasteiger partial charge in [-0.05, 0) is 102 Å². The Labute approximate surface area is 248 Å². The van der Waals surface area contributed by atoms with Crippen LogP contribution in [0.4, 0.5) is 0 Å². The number of carbonyl (C=O) groups excluding carboxylic acids is 2. The van der Waals surface area contributed by atoms with Crippen LogP contribution in [0.1, 0.15) is 122 Å². The Hall–Kier alpha value is -1.92. The highest BCUT2D eigenvalue weighted by Gasteiger charge is 2.31. The van der Waals surface area contributed by atoms with Crippen molar-refractivity contribution in [2.75, 3.05) is 13.2 Å². The quantitative estimate of drug-likeness (QED) is 0.128. The van der Waals surface area contributed by atoms with Gasteiger partial charge in [0.2, 0.25) is 0 Å². The van der Waals surface area contributed by atoms with Gasteiger partial charge in [-0.25, -0.2) is 4.79 Å². The van der Waals surface area contributed by atoms with Crippen molar-refractivity contribution in [2.45, 2.75) is 135 Å². The zero-order chi connectivity index (χ0) is 27.0. The Balaban J connectivity index is 0.00000533. The van der Waals surface area contributed by atoms with Crippen LogP contribution in [0.15, 0.2) is 12.7 Å². The van der Waals surface area contributed by atoms with Crippen molar-refractivity contribution in [1.82, 2.24) is 0 Å². The summed E-state index contributed by atoms with van der Waals surface area (Å²) in [5.41, 5.74) is 0. The third-order valence-electron chi connectivity index (χ3n) is 8.80. The molecule has 0 amide bonds. The van der Waals surface area contributed by atoms with E-state index in [1.807, 2.05) is 0 Å². The molecule has 41 heavy (non-hydrogen) atoms. The van der Waals surface area contributed by atoms with Gasteiger partial charge in [0.25, 0.3) is 0 Å². The molecule has 8 heteroatoms. The molecule has 0 unspecified atom stereocenters. The third-order valence-corrected chi connectivity index (χ3v) is 8.80. The fourth-order valence-corrected chi connectivity index (χ4v) is 6.33. The van der Waals surface area contributed by atoms with E-state index in [0.29, 0.717) is 18.4 Å². The summed E-state index contributed by atoms with van der Waals surface area (Å²) < 4.78 is 17.0. The maximum absolute atomic E-state index is 12.8. The molecular formula is C33H58O8. The number of carbonyl (C=O) groups is 2. The van der Waals surface area contributed by atoms with E-state index in [-0.39, 0.29) is 46.5 Å². The molecule has 0 bridgehead atoms. The van der Waals surface area contributed by atoms with Gasteiger partial charge in [0, 0.05) is 24.5 Å². The minimum Gasteiger partial charge on any atom is -0.463 e. The summed E-state index contributed by atoms with van der Waals surface area (Å²) in [5, 5.41) is 0. The molecule has 0 saturated heterocycles. The molecule has 238 valence electrons. The van der Waals surface area contributed by atoms with E-state index in [4.69, 9.17) is 14.2 Å². The van der Waals surface area contributed by atoms with Crippen LogP contribution in [0.25, 0.3) is 0 Å². The molecule has 3 aliphatic rings. The maximum Gasteiger partial charge on any atom is 0.330 e. The van der Waals surface area contributed by atoms with E-state index in [1.165, 1.54) is 44.6 Å². The van der Waals surface area contributed by atoms with Gasteiger partial charge >= 0.3 is 11.9 Å². The fourth-order valence-electron chi connectivity index (χ4n) is 6.33. The number of rotatable bonds is 13. The second-order valence-corrected chi connectivity index (χ2v) is 11.8. The summed E-state index contributed by atoms with van der Waals surface area (Å²) in [6.45, 7) is 6.91. The van der Waals surface area contributed by atoms with Gasteiger partial charge in [-0.2, -0.15) is 0 Å². The van der Waals surface area contributed by atoms with Gasteiger partial charge in [0.1, 0.15) is 6.10 Å². The first-order valence-corrected chi connectivity index (χ1v) is 15.7. The van der Waals surface area contributed by atoms with Crippen molar-refractivity contribution in [3.05, 3.63) is 12.7 Å². The van der Waals surface area contributed by atoms with Crippen LogP contribution in [-0.2, 0) is 23.8 Å². The second kappa shape index (κ2) is 22.6. The molecule has 8 nitrogen and oxygen atoms in total. The number of hydrogen-bond donors (Lipinski definition) is 0. The van der Waals surface area contributed by atoms with Crippen LogP contribution >= 0.6 is 0 Å². The van der Waals surface area contributed by atoms with Crippen LogP contribution in [-0.4, -0.2) is 53.8 Å². The standard InChI is InChI=1S/C33H52O5.3H2O/c1-3-9-26-10-12-27(13-11-26)14-15-28-16-20-31(21-17-28)38-33(35)29-18-22-30(23-19-29)36-24-7-5-6-8-25-37-32(34)4-2;;;/h4,26-31H,2-3,5-13,16-25H2,1H3;3*1H2. The Morgan fingerprint density at radius 3 is 1.83 bits per heavy atom. The SMILES string of the molecule is C=CC(=O)OCCCCCCOC1CCC(C(=O)OC2CCC(C#CC3CCC(CCC)CC3)CC2)CC1.O.O.O. The molecule has 0 heterocycles. The summed E-state index contributed by atoms with van der Waals surface area (Å²) in [4.78, 5) is 23.8. The second-order valence-electron chi connectivity index (χ2n) is 11.8. The van der Waals surface area contributed by atoms with Gasteiger partial charge in [-0.15, -0.1) is 0 Å². The van der Waals surface area contributed by atoms with Crippen LogP contribution in [0.3, 0.4) is 0 Å². The first kappa shape index (κ1) is 39.1. The molecule has 0 spiro atoms. The predicted octanol–water partition coefficient (Wildman–Crippen LogP) is 5.09. The predicted molar refractivity (Wildman–Crippen MR) is 162 cm³/mol. The molecule has 3 rings (SSSR count). The van der Waals surface area contributed by atoms with E-state index in [1.54, 1.807) is 0 Å². The Morgan fingerprint density at radius 1 is 0.732 bits per heavy atom. The first-order chi connectivity index (χ1) is 18.6. The highest BCUT2D eigenvalue weighted by Crippen LogP contribution is 2.33. The van der Waals surface area contributed by atoms with Crippen molar-refractivity contribution < 1.29 is 40.2 Å². The van der Waals surface area contributed by atoms with E-state index in [2.05, 4.69) is 25.3 Å². The highest BCUT2D eigenvalue weighted by atomic mass is 16.5. The van der Waals surface area contributed by atoms with Gasteiger partial charge in [-0.3, -0.25) is 4.79 Å². The van der Waals surface area contributed by atoms with E-state index >= 15 is 0 Å². The van der Waals surface area contributed by atoms with Gasteiger partial charge in [0.05, 0.1) is 18.6 Å². The monoisotopic (exact) mass is 582 g/mol. The molecule has 0 radical (unpaired) electrons. The number of esters is 2. The van der Waals surface area contributed by atoms with Crippen LogP contribution < -0.4 is 0 Å². The normalized spacial score (nSPS) is 27.3. The molecule has 0 aliphatic heterocycles. The molecule has 6 N–H and O–H groups in total. The van der Waals surface area contributed by atoms with Crippen molar-refractivity contribution >= 4 is 11.9 Å². The van der Waals surface area contributed by atoms with E-state index < -0.39 is 0 Å². The van der Waals surface area contributed by atoms with Crippen LogP contribution in [0, 0.1) is 35.5 Å². The zero-order valence-electron chi connectivity index (χ0n) is 25.4.